The van der Waals surface area contributed by atoms with Crippen LogP contribution in [0.3, 0.4) is 0 Å². The third kappa shape index (κ3) is 5.18. The van der Waals surface area contributed by atoms with Crippen LogP contribution in [0.4, 0.5) is 0 Å². The van der Waals surface area contributed by atoms with Crippen LogP contribution < -0.4 is 11.1 Å². The first-order valence-electron chi connectivity index (χ1n) is 7.40. The van der Waals surface area contributed by atoms with Crippen LogP contribution in [0.15, 0.2) is 34.2 Å². The molecule has 0 aliphatic carbocycles. The fourth-order valence-corrected chi connectivity index (χ4v) is 2.76. The number of carboxylic acids is 2. The molecule has 1 aromatic rings. The van der Waals surface area contributed by atoms with Crippen molar-refractivity contribution in [2.24, 2.45) is 10.7 Å². The Hall–Kier alpha value is -3.14. The molecular formula is C16H15N3O6S. The normalized spacial score (nSPS) is 16.2. The zero-order chi connectivity index (χ0) is 19.3. The van der Waals surface area contributed by atoms with E-state index >= 15 is 0 Å². The summed E-state index contributed by atoms with van der Waals surface area (Å²) in [4.78, 5) is 49.3. The fourth-order valence-electron chi connectivity index (χ4n) is 2.07. The molecule has 0 saturated heterocycles. The molecule has 1 aromatic carbocycles. The number of aliphatic imine (C=N–C) groups is 1. The molecule has 0 spiro atoms. The standard InChI is InChI=1S/C16H15N3O6S/c17-16-19-14(23)11(26-16)7-8-1-3-9(4-2-8)13(22)18-10(15(24)25)5-6-12(20)21/h1-4,7,10H,5-6H2,(H,18,22)(H,20,21)(H,24,25)(H2,17,19,23)/b11-7-/t10-/m1/s1. The molecule has 0 bridgehead atoms. The molecule has 0 aromatic heterocycles. The van der Waals surface area contributed by atoms with E-state index in [2.05, 4.69) is 10.3 Å². The zero-order valence-corrected chi connectivity index (χ0v) is 14.2. The number of benzene rings is 1. The highest BCUT2D eigenvalue weighted by molar-refractivity contribution is 8.18. The monoisotopic (exact) mass is 377 g/mol. The summed E-state index contributed by atoms with van der Waals surface area (Å²) in [6.07, 6.45) is 0.979. The van der Waals surface area contributed by atoms with Crippen LogP contribution in [0.1, 0.15) is 28.8 Å². The van der Waals surface area contributed by atoms with Gasteiger partial charge < -0.3 is 21.3 Å². The van der Waals surface area contributed by atoms with Crippen LogP contribution in [-0.2, 0) is 14.4 Å². The van der Waals surface area contributed by atoms with E-state index in [1.54, 1.807) is 18.2 Å². The number of carbonyl (C=O) groups excluding carboxylic acids is 2. The Labute approximate surface area is 152 Å². The van der Waals surface area contributed by atoms with Gasteiger partial charge in [-0.2, -0.15) is 4.99 Å². The Kier molecular flexibility index (Phi) is 6.12. The van der Waals surface area contributed by atoms with Gasteiger partial charge in [-0.3, -0.25) is 14.4 Å². The number of amidine groups is 1. The summed E-state index contributed by atoms with van der Waals surface area (Å²) in [6, 6.07) is 4.79. The third-order valence-electron chi connectivity index (χ3n) is 3.36. The highest BCUT2D eigenvalue weighted by atomic mass is 32.2. The number of carbonyl (C=O) groups is 4. The van der Waals surface area contributed by atoms with E-state index in [1.807, 2.05) is 0 Å². The van der Waals surface area contributed by atoms with Crippen LogP contribution in [0.2, 0.25) is 0 Å². The lowest BCUT2D eigenvalue weighted by Gasteiger charge is -2.13. The number of nitrogens with one attached hydrogen (secondary N) is 1. The van der Waals surface area contributed by atoms with Gasteiger partial charge in [0.1, 0.15) is 6.04 Å². The summed E-state index contributed by atoms with van der Waals surface area (Å²) >= 11 is 1.05. The molecule has 5 N–H and O–H groups in total. The lowest BCUT2D eigenvalue weighted by atomic mass is 10.1. The van der Waals surface area contributed by atoms with Gasteiger partial charge in [-0.05, 0) is 42.0 Å². The van der Waals surface area contributed by atoms with Gasteiger partial charge >= 0.3 is 11.9 Å². The molecule has 1 aliphatic rings. The van der Waals surface area contributed by atoms with Gasteiger partial charge in [0.15, 0.2) is 5.17 Å². The van der Waals surface area contributed by atoms with E-state index in [0.717, 1.165) is 11.8 Å². The Morgan fingerprint density at radius 3 is 2.38 bits per heavy atom. The largest absolute Gasteiger partial charge is 0.481 e. The van der Waals surface area contributed by atoms with Gasteiger partial charge in [-0.1, -0.05) is 12.1 Å². The van der Waals surface area contributed by atoms with E-state index < -0.39 is 29.8 Å². The smallest absolute Gasteiger partial charge is 0.326 e. The van der Waals surface area contributed by atoms with Crippen molar-refractivity contribution in [3.8, 4) is 0 Å². The topological polar surface area (TPSA) is 159 Å². The number of nitrogens with two attached hydrogens (primary N) is 1. The Morgan fingerprint density at radius 2 is 1.88 bits per heavy atom. The second-order valence-electron chi connectivity index (χ2n) is 5.28. The first kappa shape index (κ1) is 19.2. The van der Waals surface area contributed by atoms with E-state index in [1.165, 1.54) is 12.1 Å². The van der Waals surface area contributed by atoms with Crippen LogP contribution in [0, 0.1) is 0 Å². The molecule has 1 atom stereocenters. The minimum absolute atomic E-state index is 0.165. The number of nitrogens with zero attached hydrogens (tertiary/aromatic N) is 1. The maximum absolute atomic E-state index is 12.1. The summed E-state index contributed by atoms with van der Waals surface area (Å²) in [7, 11) is 0. The first-order valence-corrected chi connectivity index (χ1v) is 8.21. The zero-order valence-electron chi connectivity index (χ0n) is 13.3. The predicted octanol–water partition coefficient (Wildman–Crippen LogP) is 0.663. The summed E-state index contributed by atoms with van der Waals surface area (Å²) in [5.74, 6) is -3.53. The molecule has 136 valence electrons. The average Bonchev–Trinajstić information content (AvgIpc) is 2.88. The summed E-state index contributed by atoms with van der Waals surface area (Å²) < 4.78 is 0. The molecule has 0 radical (unpaired) electrons. The van der Waals surface area contributed by atoms with Crippen LogP contribution in [-0.4, -0.2) is 45.2 Å². The minimum atomic E-state index is -1.31. The molecule has 0 unspecified atom stereocenters. The van der Waals surface area contributed by atoms with Gasteiger partial charge in [-0.25, -0.2) is 4.79 Å². The van der Waals surface area contributed by atoms with Crippen molar-refractivity contribution in [3.05, 3.63) is 40.3 Å². The van der Waals surface area contributed by atoms with Gasteiger partial charge in [0.25, 0.3) is 11.8 Å². The quantitative estimate of drug-likeness (QED) is 0.504. The number of carboxylic acid groups (broad SMARTS) is 2. The van der Waals surface area contributed by atoms with Crippen molar-refractivity contribution < 1.29 is 29.4 Å². The number of rotatable bonds is 7. The third-order valence-corrected chi connectivity index (χ3v) is 4.17. The molecule has 0 saturated carbocycles. The minimum Gasteiger partial charge on any atom is -0.481 e. The highest BCUT2D eigenvalue weighted by Crippen LogP contribution is 2.26. The van der Waals surface area contributed by atoms with Crippen molar-refractivity contribution in [3.63, 3.8) is 0 Å². The van der Waals surface area contributed by atoms with E-state index in [0.29, 0.717) is 10.5 Å². The molecule has 10 heteroatoms. The lowest BCUT2D eigenvalue weighted by molar-refractivity contribution is -0.140. The number of thioether (sulfide) groups is 1. The van der Waals surface area contributed by atoms with Crippen molar-refractivity contribution in [1.29, 1.82) is 0 Å². The molecule has 1 heterocycles. The molecule has 2 amide bonds. The summed E-state index contributed by atoms with van der Waals surface area (Å²) in [5.41, 5.74) is 6.31. The number of aliphatic carboxylic acids is 2. The number of amides is 2. The van der Waals surface area contributed by atoms with E-state index in [-0.39, 0.29) is 23.6 Å². The summed E-state index contributed by atoms with van der Waals surface area (Å²) in [5, 5.41) is 20.1. The second-order valence-corrected chi connectivity index (χ2v) is 6.35. The predicted molar refractivity (Wildman–Crippen MR) is 94.4 cm³/mol. The van der Waals surface area contributed by atoms with Gasteiger partial charge in [0, 0.05) is 12.0 Å². The molecule has 2 rings (SSSR count). The lowest BCUT2D eigenvalue weighted by Crippen LogP contribution is -2.41. The highest BCUT2D eigenvalue weighted by Gasteiger charge is 2.22. The van der Waals surface area contributed by atoms with Crippen LogP contribution in [0.5, 0.6) is 0 Å². The first-order chi connectivity index (χ1) is 12.3. The van der Waals surface area contributed by atoms with Crippen molar-refractivity contribution in [2.45, 2.75) is 18.9 Å². The Morgan fingerprint density at radius 1 is 1.23 bits per heavy atom. The Bertz CT molecular complexity index is 816. The maximum Gasteiger partial charge on any atom is 0.326 e. The second kappa shape index (κ2) is 8.30. The SMILES string of the molecule is NC1=NC(=O)/C(=C/c2ccc(C(=O)N[C@H](CCC(=O)O)C(=O)O)cc2)S1. The Balaban J connectivity index is 2.04. The van der Waals surface area contributed by atoms with E-state index in [9.17, 15) is 19.2 Å². The average molecular weight is 377 g/mol. The van der Waals surface area contributed by atoms with Crippen molar-refractivity contribution in [1.82, 2.24) is 5.32 Å². The number of hydrogen-bond acceptors (Lipinski definition) is 6. The number of hydrogen-bond donors (Lipinski definition) is 4. The van der Waals surface area contributed by atoms with Crippen molar-refractivity contribution >= 4 is 46.8 Å². The maximum atomic E-state index is 12.1. The van der Waals surface area contributed by atoms with Gasteiger partial charge in [0.05, 0.1) is 4.91 Å². The van der Waals surface area contributed by atoms with Crippen LogP contribution in [0.25, 0.3) is 6.08 Å². The molecular weight excluding hydrogens is 362 g/mol. The fraction of sp³-hybridized carbons (Fsp3) is 0.188. The van der Waals surface area contributed by atoms with Crippen LogP contribution >= 0.6 is 11.8 Å². The van der Waals surface area contributed by atoms with Gasteiger partial charge in [-0.15, -0.1) is 0 Å². The molecule has 1 aliphatic heterocycles. The van der Waals surface area contributed by atoms with Gasteiger partial charge in [0.2, 0.25) is 0 Å². The summed E-state index contributed by atoms with van der Waals surface area (Å²) in [6.45, 7) is 0. The van der Waals surface area contributed by atoms with Crippen molar-refractivity contribution in [2.75, 3.05) is 0 Å². The van der Waals surface area contributed by atoms with E-state index in [4.69, 9.17) is 15.9 Å². The molecule has 26 heavy (non-hydrogen) atoms. The molecule has 0 fully saturated rings. The molecule has 9 nitrogen and oxygen atoms in total.